The Kier molecular flexibility index (Phi) is 4.18. The Labute approximate surface area is 141 Å². The summed E-state index contributed by atoms with van der Waals surface area (Å²) in [6, 6.07) is 15.9. The van der Waals surface area contributed by atoms with E-state index >= 15 is 0 Å². The first kappa shape index (κ1) is 15.7. The topological polar surface area (TPSA) is 30.0 Å². The number of carbonyl (C=O) groups is 1. The number of aryl methyl sites for hydroxylation is 1. The van der Waals surface area contributed by atoms with Gasteiger partial charge >= 0.3 is 0 Å². The van der Waals surface area contributed by atoms with Crippen molar-refractivity contribution in [1.29, 1.82) is 0 Å². The van der Waals surface area contributed by atoms with E-state index in [1.807, 2.05) is 37.3 Å². The predicted molar refractivity (Wildman–Crippen MR) is 96.2 cm³/mol. The molecule has 3 heteroatoms. The van der Waals surface area contributed by atoms with Crippen LogP contribution in [0.15, 0.2) is 48.5 Å². The van der Waals surface area contributed by atoms with E-state index in [1.54, 1.807) is 6.07 Å². The number of pyridine rings is 1. The third kappa shape index (κ3) is 2.99. The van der Waals surface area contributed by atoms with Crippen molar-refractivity contribution in [2.45, 2.75) is 26.7 Å². The standard InChI is InChI=1S/C20H18ClNO/c1-12(2)14-7-9-15(10-8-14)18-11-17(20(21)23)16-6-4-5-13(3)19(16)22-18/h4-12H,1-3H3. The average Bonchev–Trinajstić information content (AvgIpc) is 2.54. The zero-order valence-electron chi connectivity index (χ0n) is 13.4. The summed E-state index contributed by atoms with van der Waals surface area (Å²) in [5.74, 6) is 0.482. The van der Waals surface area contributed by atoms with E-state index in [1.165, 1.54) is 5.56 Å². The van der Waals surface area contributed by atoms with Crippen LogP contribution in [-0.4, -0.2) is 10.2 Å². The van der Waals surface area contributed by atoms with Gasteiger partial charge in [-0.15, -0.1) is 0 Å². The average molecular weight is 324 g/mol. The van der Waals surface area contributed by atoms with Gasteiger partial charge in [0.15, 0.2) is 0 Å². The fourth-order valence-corrected chi connectivity index (χ4v) is 2.90. The van der Waals surface area contributed by atoms with Crippen LogP contribution in [0.25, 0.3) is 22.2 Å². The second-order valence-corrected chi connectivity index (χ2v) is 6.42. The second-order valence-electron chi connectivity index (χ2n) is 6.08. The van der Waals surface area contributed by atoms with Gasteiger partial charge in [0.05, 0.1) is 11.2 Å². The van der Waals surface area contributed by atoms with Crippen LogP contribution in [0.4, 0.5) is 0 Å². The van der Waals surface area contributed by atoms with E-state index in [4.69, 9.17) is 16.6 Å². The van der Waals surface area contributed by atoms with Crippen molar-refractivity contribution in [3.63, 3.8) is 0 Å². The molecule has 0 radical (unpaired) electrons. The molecule has 3 rings (SSSR count). The molecule has 0 atom stereocenters. The molecule has 0 amide bonds. The molecule has 0 N–H and O–H groups in total. The van der Waals surface area contributed by atoms with Crippen molar-refractivity contribution >= 4 is 27.7 Å². The maximum atomic E-state index is 11.8. The Hall–Kier alpha value is -2.19. The van der Waals surface area contributed by atoms with Gasteiger partial charge in [0.2, 0.25) is 0 Å². The number of benzene rings is 2. The Morgan fingerprint density at radius 3 is 2.39 bits per heavy atom. The molecular formula is C20H18ClNO. The lowest BCUT2D eigenvalue weighted by molar-refractivity contribution is 0.108. The zero-order valence-corrected chi connectivity index (χ0v) is 14.2. The molecule has 0 saturated heterocycles. The van der Waals surface area contributed by atoms with E-state index in [0.717, 1.165) is 27.7 Å². The number of hydrogen-bond donors (Lipinski definition) is 0. The number of nitrogens with zero attached hydrogens (tertiary/aromatic N) is 1. The summed E-state index contributed by atoms with van der Waals surface area (Å²) in [7, 11) is 0. The number of carbonyl (C=O) groups excluding carboxylic acids is 1. The molecule has 0 aliphatic heterocycles. The maximum absolute atomic E-state index is 11.8. The van der Waals surface area contributed by atoms with Crippen molar-refractivity contribution in [1.82, 2.24) is 4.98 Å². The minimum Gasteiger partial charge on any atom is -0.276 e. The van der Waals surface area contributed by atoms with Gasteiger partial charge in [0.1, 0.15) is 0 Å². The summed E-state index contributed by atoms with van der Waals surface area (Å²) in [6.45, 7) is 6.32. The lowest BCUT2D eigenvalue weighted by Gasteiger charge is -2.10. The molecule has 0 aliphatic rings. The summed E-state index contributed by atoms with van der Waals surface area (Å²) in [5, 5.41) is 0.343. The lowest BCUT2D eigenvalue weighted by atomic mass is 9.99. The minimum atomic E-state index is -0.456. The molecule has 116 valence electrons. The van der Waals surface area contributed by atoms with Crippen LogP contribution in [0.2, 0.25) is 0 Å². The highest BCUT2D eigenvalue weighted by molar-refractivity contribution is 6.68. The molecular weight excluding hydrogens is 306 g/mol. The van der Waals surface area contributed by atoms with Crippen LogP contribution in [-0.2, 0) is 0 Å². The maximum Gasteiger partial charge on any atom is 0.253 e. The third-order valence-electron chi connectivity index (χ3n) is 4.13. The summed E-state index contributed by atoms with van der Waals surface area (Å²) >= 11 is 5.79. The van der Waals surface area contributed by atoms with Gasteiger partial charge in [0, 0.05) is 16.5 Å². The monoisotopic (exact) mass is 323 g/mol. The van der Waals surface area contributed by atoms with Crippen LogP contribution in [0.5, 0.6) is 0 Å². The quantitative estimate of drug-likeness (QED) is 0.577. The SMILES string of the molecule is Cc1cccc2c(C(=O)Cl)cc(-c3ccc(C(C)C)cc3)nc12. The normalized spacial score (nSPS) is 11.2. The number of rotatable bonds is 3. The molecule has 0 bridgehead atoms. The van der Waals surface area contributed by atoms with Crippen LogP contribution in [0.1, 0.15) is 41.3 Å². The molecule has 0 saturated carbocycles. The lowest BCUT2D eigenvalue weighted by Crippen LogP contribution is -1.97. The number of para-hydroxylation sites is 1. The molecule has 0 spiro atoms. The van der Waals surface area contributed by atoms with Gasteiger partial charge in [-0.3, -0.25) is 4.79 Å². The molecule has 23 heavy (non-hydrogen) atoms. The summed E-state index contributed by atoms with van der Waals surface area (Å²) < 4.78 is 0. The predicted octanol–water partition coefficient (Wildman–Crippen LogP) is 5.71. The number of aromatic nitrogens is 1. The molecule has 3 aromatic rings. The Morgan fingerprint density at radius 2 is 1.78 bits per heavy atom. The highest BCUT2D eigenvalue weighted by Crippen LogP contribution is 2.28. The van der Waals surface area contributed by atoms with E-state index in [0.29, 0.717) is 11.5 Å². The first-order valence-electron chi connectivity index (χ1n) is 7.68. The Morgan fingerprint density at radius 1 is 1.09 bits per heavy atom. The highest BCUT2D eigenvalue weighted by Gasteiger charge is 2.13. The smallest absolute Gasteiger partial charge is 0.253 e. The second kappa shape index (κ2) is 6.13. The Bertz CT molecular complexity index is 882. The van der Waals surface area contributed by atoms with Crippen LogP contribution < -0.4 is 0 Å². The molecule has 0 fully saturated rings. The summed E-state index contributed by atoms with van der Waals surface area (Å²) in [4.78, 5) is 16.6. The molecule has 2 aromatic carbocycles. The van der Waals surface area contributed by atoms with E-state index < -0.39 is 5.24 Å². The van der Waals surface area contributed by atoms with Gasteiger partial charge in [-0.05, 0) is 41.6 Å². The van der Waals surface area contributed by atoms with E-state index in [9.17, 15) is 4.79 Å². The number of fused-ring (bicyclic) bond motifs is 1. The van der Waals surface area contributed by atoms with Crippen molar-refractivity contribution in [2.24, 2.45) is 0 Å². The fraction of sp³-hybridized carbons (Fsp3) is 0.200. The van der Waals surface area contributed by atoms with Crippen molar-refractivity contribution in [2.75, 3.05) is 0 Å². The summed E-state index contributed by atoms with van der Waals surface area (Å²) in [6.07, 6.45) is 0. The van der Waals surface area contributed by atoms with Crippen molar-refractivity contribution in [3.05, 3.63) is 65.2 Å². The van der Waals surface area contributed by atoms with E-state index in [-0.39, 0.29) is 0 Å². The first-order valence-corrected chi connectivity index (χ1v) is 8.05. The van der Waals surface area contributed by atoms with Gasteiger partial charge in [-0.1, -0.05) is 56.3 Å². The van der Waals surface area contributed by atoms with Crippen LogP contribution in [0, 0.1) is 6.92 Å². The van der Waals surface area contributed by atoms with Crippen LogP contribution >= 0.6 is 11.6 Å². The molecule has 1 heterocycles. The molecule has 0 unspecified atom stereocenters. The molecule has 0 aliphatic carbocycles. The third-order valence-corrected chi connectivity index (χ3v) is 4.33. The fourth-order valence-electron chi connectivity index (χ4n) is 2.74. The largest absolute Gasteiger partial charge is 0.276 e. The first-order chi connectivity index (χ1) is 11.0. The van der Waals surface area contributed by atoms with Gasteiger partial charge in [-0.25, -0.2) is 4.98 Å². The zero-order chi connectivity index (χ0) is 16.6. The Balaban J connectivity index is 2.21. The van der Waals surface area contributed by atoms with Gasteiger partial charge in [-0.2, -0.15) is 0 Å². The van der Waals surface area contributed by atoms with Crippen molar-refractivity contribution in [3.8, 4) is 11.3 Å². The number of hydrogen-bond acceptors (Lipinski definition) is 2. The number of halogens is 1. The van der Waals surface area contributed by atoms with E-state index in [2.05, 4.69) is 26.0 Å². The highest BCUT2D eigenvalue weighted by atomic mass is 35.5. The minimum absolute atomic E-state index is 0.456. The summed E-state index contributed by atoms with van der Waals surface area (Å²) in [5.41, 5.74) is 5.39. The molecule has 2 nitrogen and oxygen atoms in total. The van der Waals surface area contributed by atoms with Gasteiger partial charge in [0.25, 0.3) is 5.24 Å². The van der Waals surface area contributed by atoms with Crippen LogP contribution in [0.3, 0.4) is 0 Å². The molecule has 1 aromatic heterocycles. The van der Waals surface area contributed by atoms with Gasteiger partial charge < -0.3 is 0 Å². The van der Waals surface area contributed by atoms with Crippen molar-refractivity contribution < 1.29 is 4.79 Å².